The Hall–Kier alpha value is -0.570. The average Bonchev–Trinajstić information content (AvgIpc) is 3.13. The maximum Gasteiger partial charge on any atom is 0.225 e. The molecule has 3 heteroatoms. The highest BCUT2D eigenvalue weighted by Crippen LogP contribution is 2.48. The predicted molar refractivity (Wildman–Crippen MR) is 67.9 cm³/mol. The fraction of sp³-hybridized carbons (Fsp3) is 0.933. The zero-order valence-corrected chi connectivity index (χ0v) is 10.9. The second-order valence-electron chi connectivity index (χ2n) is 6.90. The van der Waals surface area contributed by atoms with Crippen LogP contribution in [0.4, 0.5) is 0 Å². The molecule has 4 aliphatic rings. The van der Waals surface area contributed by atoms with Crippen LogP contribution >= 0.6 is 0 Å². The molecule has 0 aromatic rings. The molecule has 2 aliphatic heterocycles. The molecule has 0 aromatic carbocycles. The molecule has 18 heavy (non-hydrogen) atoms. The summed E-state index contributed by atoms with van der Waals surface area (Å²) < 4.78 is 5.77. The zero-order valence-electron chi connectivity index (χ0n) is 10.9. The van der Waals surface area contributed by atoms with E-state index in [1.807, 2.05) is 0 Å². The molecule has 2 saturated heterocycles. The van der Waals surface area contributed by atoms with Gasteiger partial charge in [-0.15, -0.1) is 0 Å². The van der Waals surface area contributed by atoms with Crippen molar-refractivity contribution in [2.45, 2.75) is 57.2 Å². The van der Waals surface area contributed by atoms with E-state index in [4.69, 9.17) is 4.74 Å². The van der Waals surface area contributed by atoms with E-state index in [2.05, 4.69) is 5.32 Å². The summed E-state index contributed by atoms with van der Waals surface area (Å²) in [6.07, 6.45) is 9.47. The van der Waals surface area contributed by atoms with Gasteiger partial charge in [-0.2, -0.15) is 0 Å². The van der Waals surface area contributed by atoms with E-state index in [0.717, 1.165) is 37.1 Å². The van der Waals surface area contributed by atoms with Gasteiger partial charge in [-0.05, 0) is 56.3 Å². The maximum atomic E-state index is 12.2. The number of amides is 1. The lowest BCUT2D eigenvalue weighted by molar-refractivity contribution is -0.126. The topological polar surface area (TPSA) is 38.3 Å². The summed E-state index contributed by atoms with van der Waals surface area (Å²) in [5.41, 5.74) is 0. The molecule has 4 bridgehead atoms. The van der Waals surface area contributed by atoms with Crippen LogP contribution in [0.1, 0.15) is 44.9 Å². The van der Waals surface area contributed by atoms with Gasteiger partial charge in [0.2, 0.25) is 5.91 Å². The number of hydrogen-bond donors (Lipinski definition) is 1. The van der Waals surface area contributed by atoms with Crippen molar-refractivity contribution in [3.8, 4) is 0 Å². The molecule has 0 radical (unpaired) electrons. The van der Waals surface area contributed by atoms with Crippen molar-refractivity contribution in [3.05, 3.63) is 0 Å². The van der Waals surface area contributed by atoms with Crippen LogP contribution in [0.15, 0.2) is 0 Å². The molecule has 2 saturated carbocycles. The summed E-state index contributed by atoms with van der Waals surface area (Å²) in [7, 11) is 0. The fourth-order valence-electron chi connectivity index (χ4n) is 4.90. The lowest BCUT2D eigenvalue weighted by Crippen LogP contribution is -2.39. The Labute approximate surface area is 109 Å². The first-order valence-electron chi connectivity index (χ1n) is 7.73. The minimum atomic E-state index is 0.155. The highest BCUT2D eigenvalue weighted by molar-refractivity contribution is 5.79. The number of nitrogens with one attached hydrogen (secondary N) is 1. The van der Waals surface area contributed by atoms with E-state index < -0.39 is 0 Å². The molecule has 3 nitrogen and oxygen atoms in total. The summed E-state index contributed by atoms with van der Waals surface area (Å²) in [5.74, 6) is 3.08. The summed E-state index contributed by atoms with van der Waals surface area (Å²) in [4.78, 5) is 12.2. The number of fused-ring (bicyclic) bond motifs is 4. The van der Waals surface area contributed by atoms with E-state index in [-0.39, 0.29) is 17.9 Å². The van der Waals surface area contributed by atoms with E-state index in [9.17, 15) is 4.79 Å². The Balaban J connectivity index is 1.29. The van der Waals surface area contributed by atoms with Gasteiger partial charge in [0.05, 0.1) is 18.1 Å². The van der Waals surface area contributed by atoms with E-state index in [1.165, 1.54) is 32.1 Å². The second-order valence-corrected chi connectivity index (χ2v) is 6.90. The third kappa shape index (κ3) is 1.78. The Morgan fingerprint density at radius 2 is 2.06 bits per heavy atom. The first-order chi connectivity index (χ1) is 8.79. The van der Waals surface area contributed by atoms with Crippen molar-refractivity contribution in [1.29, 1.82) is 0 Å². The first-order valence-corrected chi connectivity index (χ1v) is 7.73. The van der Waals surface area contributed by atoms with Crippen LogP contribution in [0, 0.1) is 23.7 Å². The fourth-order valence-corrected chi connectivity index (χ4v) is 4.90. The van der Waals surface area contributed by atoms with Crippen molar-refractivity contribution in [3.63, 3.8) is 0 Å². The molecule has 100 valence electrons. The van der Waals surface area contributed by atoms with E-state index in [0.29, 0.717) is 6.10 Å². The summed E-state index contributed by atoms with van der Waals surface area (Å²) in [6.45, 7) is 0.924. The largest absolute Gasteiger partial charge is 0.374 e. The number of carbonyl (C=O) groups is 1. The number of ether oxygens (including phenoxy) is 1. The Bertz CT molecular complexity index is 356. The van der Waals surface area contributed by atoms with Gasteiger partial charge >= 0.3 is 0 Å². The quantitative estimate of drug-likeness (QED) is 0.832. The molecule has 0 aromatic heterocycles. The van der Waals surface area contributed by atoms with Crippen LogP contribution < -0.4 is 5.32 Å². The summed E-state index contributed by atoms with van der Waals surface area (Å²) in [6, 6.07) is 0. The van der Waals surface area contributed by atoms with E-state index >= 15 is 0 Å². The van der Waals surface area contributed by atoms with Crippen molar-refractivity contribution in [1.82, 2.24) is 5.32 Å². The number of hydrogen-bond acceptors (Lipinski definition) is 2. The molecule has 2 heterocycles. The third-order valence-electron chi connectivity index (χ3n) is 5.87. The van der Waals surface area contributed by atoms with Gasteiger partial charge in [-0.1, -0.05) is 6.42 Å². The van der Waals surface area contributed by atoms with Crippen molar-refractivity contribution in [2.24, 2.45) is 23.7 Å². The minimum absolute atomic E-state index is 0.155. The van der Waals surface area contributed by atoms with Gasteiger partial charge in [0, 0.05) is 6.54 Å². The lowest BCUT2D eigenvalue weighted by atomic mass is 9.87. The van der Waals surface area contributed by atoms with Crippen LogP contribution in [0.2, 0.25) is 0 Å². The van der Waals surface area contributed by atoms with Crippen LogP contribution in [0.25, 0.3) is 0 Å². The maximum absolute atomic E-state index is 12.2. The van der Waals surface area contributed by atoms with Gasteiger partial charge < -0.3 is 10.1 Å². The van der Waals surface area contributed by atoms with Gasteiger partial charge in [0.1, 0.15) is 0 Å². The normalized spacial score (nSPS) is 48.9. The highest BCUT2D eigenvalue weighted by Gasteiger charge is 2.45. The van der Waals surface area contributed by atoms with Gasteiger partial charge in [-0.25, -0.2) is 0 Å². The minimum Gasteiger partial charge on any atom is -0.374 e. The lowest BCUT2D eigenvalue weighted by Gasteiger charge is -2.24. The summed E-state index contributed by atoms with van der Waals surface area (Å²) >= 11 is 0. The third-order valence-corrected chi connectivity index (χ3v) is 5.87. The highest BCUT2D eigenvalue weighted by atomic mass is 16.5. The molecule has 1 N–H and O–H groups in total. The Kier molecular flexibility index (Phi) is 2.65. The molecule has 6 atom stereocenters. The SMILES string of the molecule is O=C(NCC1CC2CCC1C2)C1CC2CCC1O2. The average molecular weight is 249 g/mol. The molecule has 4 fully saturated rings. The Morgan fingerprint density at radius 1 is 1.11 bits per heavy atom. The standard InChI is InChI=1S/C15H23NO2/c17-15(13-7-12-3-4-14(13)18-12)16-8-11-6-9-1-2-10(11)5-9/h9-14H,1-8H2,(H,16,17). The van der Waals surface area contributed by atoms with Gasteiger partial charge in [0.15, 0.2) is 0 Å². The molecular formula is C15H23NO2. The summed E-state index contributed by atoms with van der Waals surface area (Å²) in [5, 5.41) is 3.22. The van der Waals surface area contributed by atoms with Gasteiger partial charge in [0.25, 0.3) is 0 Å². The predicted octanol–water partition coefficient (Wildman–Crippen LogP) is 2.11. The van der Waals surface area contributed by atoms with Crippen LogP contribution in [-0.2, 0) is 9.53 Å². The molecule has 6 unspecified atom stereocenters. The first kappa shape index (κ1) is 11.3. The van der Waals surface area contributed by atoms with E-state index in [1.54, 1.807) is 0 Å². The van der Waals surface area contributed by atoms with Crippen LogP contribution in [0.5, 0.6) is 0 Å². The molecule has 1 amide bonds. The second kappa shape index (κ2) is 4.22. The Morgan fingerprint density at radius 3 is 2.67 bits per heavy atom. The smallest absolute Gasteiger partial charge is 0.225 e. The molecule has 4 rings (SSSR count). The zero-order chi connectivity index (χ0) is 12.1. The van der Waals surface area contributed by atoms with Crippen LogP contribution in [0.3, 0.4) is 0 Å². The monoisotopic (exact) mass is 249 g/mol. The van der Waals surface area contributed by atoms with Crippen molar-refractivity contribution < 1.29 is 9.53 Å². The number of carbonyl (C=O) groups excluding carboxylic acids is 1. The molecule has 0 spiro atoms. The van der Waals surface area contributed by atoms with Gasteiger partial charge in [-0.3, -0.25) is 4.79 Å². The molecular weight excluding hydrogens is 226 g/mol. The van der Waals surface area contributed by atoms with Crippen molar-refractivity contribution >= 4 is 5.91 Å². The van der Waals surface area contributed by atoms with Crippen molar-refractivity contribution in [2.75, 3.05) is 6.54 Å². The van der Waals surface area contributed by atoms with Crippen LogP contribution in [-0.4, -0.2) is 24.7 Å². The number of rotatable bonds is 3. The molecule has 2 aliphatic carbocycles.